The van der Waals surface area contributed by atoms with Crippen LogP contribution >= 0.6 is 0 Å². The van der Waals surface area contributed by atoms with E-state index in [0.29, 0.717) is 30.3 Å². The fourth-order valence-corrected chi connectivity index (χ4v) is 3.73. The van der Waals surface area contributed by atoms with Gasteiger partial charge in [-0.05, 0) is 43.9 Å². The number of fused-ring (bicyclic) bond motifs is 2. The van der Waals surface area contributed by atoms with Crippen molar-refractivity contribution in [3.05, 3.63) is 0 Å². The smallest absolute Gasteiger partial charge is 0.226 e. The van der Waals surface area contributed by atoms with Crippen LogP contribution in [0, 0.1) is 17.8 Å². The summed E-state index contributed by atoms with van der Waals surface area (Å²) in [6.45, 7) is 0.667. The molecular weight excluding hydrogens is 202 g/mol. The van der Waals surface area contributed by atoms with Crippen LogP contribution in [0.15, 0.2) is 0 Å². The van der Waals surface area contributed by atoms with Gasteiger partial charge in [0.15, 0.2) is 0 Å². The Hall–Kier alpha value is -0.570. The van der Waals surface area contributed by atoms with Gasteiger partial charge in [0.1, 0.15) is 0 Å². The molecule has 3 fully saturated rings. The van der Waals surface area contributed by atoms with Gasteiger partial charge in [0.25, 0.3) is 0 Å². The van der Waals surface area contributed by atoms with Crippen molar-refractivity contribution in [1.82, 2.24) is 4.90 Å². The maximum absolute atomic E-state index is 12.4. The van der Waals surface area contributed by atoms with E-state index in [9.17, 15) is 4.79 Å². The highest BCUT2D eigenvalue weighted by molar-refractivity contribution is 5.80. The highest BCUT2D eigenvalue weighted by Crippen LogP contribution is 2.49. The van der Waals surface area contributed by atoms with E-state index < -0.39 is 0 Å². The van der Waals surface area contributed by atoms with E-state index in [1.165, 1.54) is 19.3 Å². The molecule has 3 heteroatoms. The lowest BCUT2D eigenvalue weighted by Crippen LogP contribution is -2.41. The molecule has 1 N–H and O–H groups in total. The van der Waals surface area contributed by atoms with Crippen molar-refractivity contribution in [1.29, 1.82) is 0 Å². The molecular formula is C13H21NO2. The van der Waals surface area contributed by atoms with Crippen LogP contribution < -0.4 is 0 Å². The zero-order valence-corrected chi connectivity index (χ0v) is 9.77. The molecule has 3 aliphatic rings. The van der Waals surface area contributed by atoms with Crippen molar-refractivity contribution in [2.75, 3.05) is 13.2 Å². The van der Waals surface area contributed by atoms with Crippen molar-refractivity contribution in [2.45, 2.75) is 44.6 Å². The minimum absolute atomic E-state index is 0.114. The first-order chi connectivity index (χ1) is 7.79. The molecule has 2 bridgehead atoms. The Kier molecular flexibility index (Phi) is 2.66. The van der Waals surface area contributed by atoms with Crippen molar-refractivity contribution in [3.63, 3.8) is 0 Å². The zero-order valence-electron chi connectivity index (χ0n) is 9.77. The third-order valence-electron chi connectivity index (χ3n) is 4.67. The SMILES string of the molecule is O=C(C1CC2CCC1C2)N(CCO)C1CC1. The van der Waals surface area contributed by atoms with Gasteiger partial charge in [-0.1, -0.05) is 6.42 Å². The molecule has 1 amide bonds. The van der Waals surface area contributed by atoms with Crippen LogP contribution in [0.25, 0.3) is 0 Å². The number of aliphatic hydroxyl groups excluding tert-OH is 1. The molecule has 0 radical (unpaired) electrons. The number of rotatable bonds is 4. The Labute approximate surface area is 96.8 Å². The summed E-state index contributed by atoms with van der Waals surface area (Å²) >= 11 is 0. The second kappa shape index (κ2) is 4.02. The minimum atomic E-state index is 0.114. The highest BCUT2D eigenvalue weighted by atomic mass is 16.3. The lowest BCUT2D eigenvalue weighted by Gasteiger charge is -2.29. The second-order valence-corrected chi connectivity index (χ2v) is 5.77. The lowest BCUT2D eigenvalue weighted by atomic mass is 9.87. The van der Waals surface area contributed by atoms with Gasteiger partial charge in [-0.25, -0.2) is 0 Å². The largest absolute Gasteiger partial charge is 0.395 e. The molecule has 0 aromatic carbocycles. The summed E-state index contributed by atoms with van der Waals surface area (Å²) in [5, 5.41) is 9.04. The molecule has 3 saturated carbocycles. The highest BCUT2D eigenvalue weighted by Gasteiger charge is 2.46. The van der Waals surface area contributed by atoms with E-state index in [1.807, 2.05) is 4.90 Å². The number of hydrogen-bond donors (Lipinski definition) is 1. The van der Waals surface area contributed by atoms with Crippen LogP contribution in [0.4, 0.5) is 0 Å². The van der Waals surface area contributed by atoms with Gasteiger partial charge in [-0.2, -0.15) is 0 Å². The predicted octanol–water partition coefficient (Wildman–Crippen LogP) is 1.41. The average molecular weight is 223 g/mol. The zero-order chi connectivity index (χ0) is 11.1. The van der Waals surface area contributed by atoms with E-state index in [-0.39, 0.29) is 6.61 Å². The van der Waals surface area contributed by atoms with Crippen LogP contribution in [0.1, 0.15) is 38.5 Å². The van der Waals surface area contributed by atoms with Gasteiger partial charge >= 0.3 is 0 Å². The third-order valence-corrected chi connectivity index (χ3v) is 4.67. The molecule has 16 heavy (non-hydrogen) atoms. The second-order valence-electron chi connectivity index (χ2n) is 5.77. The minimum Gasteiger partial charge on any atom is -0.395 e. The number of carbonyl (C=O) groups is 1. The van der Waals surface area contributed by atoms with Gasteiger partial charge in [-0.3, -0.25) is 4.79 Å². The van der Waals surface area contributed by atoms with Crippen molar-refractivity contribution < 1.29 is 9.90 Å². The Balaban J connectivity index is 1.66. The maximum Gasteiger partial charge on any atom is 0.226 e. The van der Waals surface area contributed by atoms with Crippen LogP contribution in [0.3, 0.4) is 0 Å². The van der Waals surface area contributed by atoms with Crippen molar-refractivity contribution >= 4 is 5.91 Å². The molecule has 3 unspecified atom stereocenters. The Morgan fingerprint density at radius 3 is 2.50 bits per heavy atom. The topological polar surface area (TPSA) is 40.5 Å². The fourth-order valence-electron chi connectivity index (χ4n) is 3.73. The summed E-state index contributed by atoms with van der Waals surface area (Å²) in [6, 6.07) is 0.457. The van der Waals surface area contributed by atoms with E-state index in [1.54, 1.807) is 0 Å². The number of nitrogens with zero attached hydrogens (tertiary/aromatic N) is 1. The van der Waals surface area contributed by atoms with Gasteiger partial charge in [0.2, 0.25) is 5.91 Å². The third kappa shape index (κ3) is 1.75. The van der Waals surface area contributed by atoms with Gasteiger partial charge in [0.05, 0.1) is 6.61 Å². The van der Waals surface area contributed by atoms with Crippen molar-refractivity contribution in [2.24, 2.45) is 17.8 Å². The molecule has 3 aliphatic carbocycles. The first-order valence-corrected chi connectivity index (χ1v) is 6.71. The van der Waals surface area contributed by atoms with Gasteiger partial charge < -0.3 is 10.0 Å². The first kappa shape index (κ1) is 10.6. The molecule has 0 aliphatic heterocycles. The van der Waals surface area contributed by atoms with Gasteiger partial charge in [0, 0.05) is 18.5 Å². The van der Waals surface area contributed by atoms with Crippen molar-refractivity contribution in [3.8, 4) is 0 Å². The molecule has 3 rings (SSSR count). The van der Waals surface area contributed by atoms with Crippen LogP contribution in [0.5, 0.6) is 0 Å². The Morgan fingerprint density at radius 1 is 1.19 bits per heavy atom. The molecule has 90 valence electrons. The quantitative estimate of drug-likeness (QED) is 0.782. The van der Waals surface area contributed by atoms with Crippen LogP contribution in [-0.2, 0) is 4.79 Å². The molecule has 0 aromatic heterocycles. The summed E-state index contributed by atoms with van der Waals surface area (Å²) in [7, 11) is 0. The van der Waals surface area contributed by atoms with E-state index in [2.05, 4.69) is 0 Å². The molecule has 0 heterocycles. The monoisotopic (exact) mass is 223 g/mol. The molecule has 0 spiro atoms. The summed E-state index contributed by atoms with van der Waals surface area (Å²) in [4.78, 5) is 14.4. The summed E-state index contributed by atoms with van der Waals surface area (Å²) in [5.41, 5.74) is 0. The van der Waals surface area contributed by atoms with Gasteiger partial charge in [-0.15, -0.1) is 0 Å². The van der Waals surface area contributed by atoms with Crippen LogP contribution in [0.2, 0.25) is 0 Å². The molecule has 3 atom stereocenters. The first-order valence-electron chi connectivity index (χ1n) is 6.71. The number of carbonyl (C=O) groups excluding carboxylic acids is 1. The predicted molar refractivity (Wildman–Crippen MR) is 60.8 cm³/mol. The van der Waals surface area contributed by atoms with Crippen LogP contribution in [-0.4, -0.2) is 35.1 Å². The average Bonchev–Trinajstić information content (AvgIpc) is 2.91. The Bertz CT molecular complexity index is 284. The number of hydrogen-bond acceptors (Lipinski definition) is 2. The van der Waals surface area contributed by atoms with E-state index in [4.69, 9.17) is 5.11 Å². The standard InChI is InChI=1S/C13H21NO2/c15-6-5-14(11-3-4-11)13(16)12-8-9-1-2-10(12)7-9/h9-12,15H,1-8H2. The molecule has 0 aromatic rings. The number of amides is 1. The summed E-state index contributed by atoms with van der Waals surface area (Å²) in [6.07, 6.45) is 7.31. The lowest BCUT2D eigenvalue weighted by molar-refractivity contribution is -0.138. The van der Waals surface area contributed by atoms with E-state index >= 15 is 0 Å². The molecule has 3 nitrogen and oxygen atoms in total. The maximum atomic E-state index is 12.4. The van der Waals surface area contributed by atoms with E-state index in [0.717, 1.165) is 25.2 Å². The fraction of sp³-hybridized carbons (Fsp3) is 0.923. The summed E-state index contributed by atoms with van der Waals surface area (Å²) in [5.74, 6) is 2.14. The molecule has 0 saturated heterocycles. The summed E-state index contributed by atoms with van der Waals surface area (Å²) < 4.78 is 0. The number of aliphatic hydroxyl groups is 1. The normalized spacial score (nSPS) is 36.7. The Morgan fingerprint density at radius 2 is 2.00 bits per heavy atom.